The second-order valence-electron chi connectivity index (χ2n) is 4.21. The summed E-state index contributed by atoms with van der Waals surface area (Å²) in [7, 11) is -3.93. The third-order valence-electron chi connectivity index (χ3n) is 2.90. The summed E-state index contributed by atoms with van der Waals surface area (Å²) in [5.74, 6) is -2.06. The van der Waals surface area contributed by atoms with Gasteiger partial charge in [-0.05, 0) is 31.5 Å². The number of sulfonamides is 1. The lowest BCUT2D eigenvalue weighted by atomic mass is 10.2. The number of nitrogen functional groups attached to an aromatic ring is 1. The summed E-state index contributed by atoms with van der Waals surface area (Å²) in [6, 6.07) is 1.90. The van der Waals surface area contributed by atoms with Crippen LogP contribution in [-0.4, -0.2) is 8.42 Å². The maximum absolute atomic E-state index is 13.7. The Kier molecular flexibility index (Phi) is 3.70. The molecule has 1 heterocycles. The fourth-order valence-corrected chi connectivity index (χ4v) is 4.18. The molecule has 108 valence electrons. The molecule has 0 unspecified atom stereocenters. The summed E-state index contributed by atoms with van der Waals surface area (Å²) in [4.78, 5) is 0.923. The van der Waals surface area contributed by atoms with E-state index in [-0.39, 0.29) is 10.6 Å². The highest BCUT2D eigenvalue weighted by molar-refractivity contribution is 7.93. The Hall–Kier alpha value is -1.67. The molecule has 0 atom stereocenters. The molecular weight excluding hydrogens is 306 g/mol. The predicted molar refractivity (Wildman–Crippen MR) is 75.4 cm³/mol. The zero-order valence-corrected chi connectivity index (χ0v) is 12.3. The monoisotopic (exact) mass is 318 g/mol. The molecule has 20 heavy (non-hydrogen) atoms. The molecule has 2 aromatic rings. The van der Waals surface area contributed by atoms with Crippen molar-refractivity contribution < 1.29 is 17.2 Å². The molecule has 4 nitrogen and oxygen atoms in total. The molecule has 1 aromatic carbocycles. The SMILES string of the molecule is Cc1scc(S(=O)(=O)Nc2ccc(F)c(N)c2F)c1C. The van der Waals surface area contributed by atoms with Crippen LogP contribution in [0.2, 0.25) is 0 Å². The molecule has 1 aromatic heterocycles. The Morgan fingerprint density at radius 3 is 2.45 bits per heavy atom. The summed E-state index contributed by atoms with van der Waals surface area (Å²) >= 11 is 1.28. The fraction of sp³-hybridized carbons (Fsp3) is 0.167. The van der Waals surface area contributed by atoms with Gasteiger partial charge >= 0.3 is 0 Å². The van der Waals surface area contributed by atoms with Gasteiger partial charge in [-0.2, -0.15) is 0 Å². The molecule has 3 N–H and O–H groups in total. The van der Waals surface area contributed by atoms with Gasteiger partial charge in [0.1, 0.15) is 16.4 Å². The molecule has 0 aliphatic rings. The molecular formula is C12H12F2N2O2S2. The van der Waals surface area contributed by atoms with Crippen LogP contribution in [0, 0.1) is 25.5 Å². The maximum Gasteiger partial charge on any atom is 0.263 e. The number of thiophene rings is 1. The number of hydrogen-bond acceptors (Lipinski definition) is 4. The standard InChI is InChI=1S/C12H12F2N2O2S2/c1-6-7(2)19-5-10(6)20(17,18)16-9-4-3-8(13)12(15)11(9)14/h3-5,16H,15H2,1-2H3. The topological polar surface area (TPSA) is 72.2 Å². The van der Waals surface area contributed by atoms with E-state index >= 15 is 0 Å². The zero-order valence-electron chi connectivity index (χ0n) is 10.7. The van der Waals surface area contributed by atoms with Gasteiger partial charge in [0.15, 0.2) is 5.82 Å². The van der Waals surface area contributed by atoms with E-state index < -0.39 is 27.3 Å². The highest BCUT2D eigenvalue weighted by atomic mass is 32.2. The summed E-state index contributed by atoms with van der Waals surface area (Å²) < 4.78 is 53.2. The van der Waals surface area contributed by atoms with E-state index in [1.165, 1.54) is 16.7 Å². The average molecular weight is 318 g/mol. The Morgan fingerprint density at radius 2 is 1.90 bits per heavy atom. The molecule has 0 aliphatic heterocycles. The van der Waals surface area contributed by atoms with Crippen molar-refractivity contribution in [2.75, 3.05) is 10.5 Å². The van der Waals surface area contributed by atoms with E-state index in [0.29, 0.717) is 5.56 Å². The first-order valence-corrected chi connectivity index (χ1v) is 7.91. The number of nitrogens with two attached hydrogens (primary N) is 1. The first-order valence-electron chi connectivity index (χ1n) is 5.55. The molecule has 0 saturated heterocycles. The van der Waals surface area contributed by atoms with Crippen molar-refractivity contribution in [3.8, 4) is 0 Å². The van der Waals surface area contributed by atoms with Gasteiger partial charge in [-0.3, -0.25) is 4.72 Å². The quantitative estimate of drug-likeness (QED) is 0.855. The van der Waals surface area contributed by atoms with Crippen molar-refractivity contribution in [3.63, 3.8) is 0 Å². The largest absolute Gasteiger partial charge is 0.394 e. The number of halogens is 2. The van der Waals surface area contributed by atoms with Gasteiger partial charge < -0.3 is 5.73 Å². The number of hydrogen-bond donors (Lipinski definition) is 2. The lowest BCUT2D eigenvalue weighted by molar-refractivity contribution is 0.589. The van der Waals surface area contributed by atoms with Crippen molar-refractivity contribution in [2.45, 2.75) is 18.7 Å². The smallest absolute Gasteiger partial charge is 0.263 e. The molecule has 0 aliphatic carbocycles. The van der Waals surface area contributed by atoms with E-state index in [1.807, 2.05) is 0 Å². The summed E-state index contributed by atoms with van der Waals surface area (Å²) in [6.07, 6.45) is 0. The second-order valence-corrected chi connectivity index (χ2v) is 6.94. The van der Waals surface area contributed by atoms with Crippen molar-refractivity contribution in [3.05, 3.63) is 39.6 Å². The lowest BCUT2D eigenvalue weighted by Gasteiger charge is -2.10. The van der Waals surface area contributed by atoms with Crippen LogP contribution in [0.3, 0.4) is 0 Å². The van der Waals surface area contributed by atoms with Gasteiger partial charge in [-0.1, -0.05) is 0 Å². The van der Waals surface area contributed by atoms with E-state index in [9.17, 15) is 17.2 Å². The molecule has 0 fully saturated rings. The highest BCUT2D eigenvalue weighted by Crippen LogP contribution is 2.29. The highest BCUT2D eigenvalue weighted by Gasteiger charge is 2.22. The number of rotatable bonds is 3. The van der Waals surface area contributed by atoms with E-state index in [4.69, 9.17) is 5.73 Å². The third-order valence-corrected chi connectivity index (χ3v) is 5.56. The number of anilines is 2. The molecule has 8 heteroatoms. The van der Waals surface area contributed by atoms with E-state index in [2.05, 4.69) is 4.72 Å². The van der Waals surface area contributed by atoms with Crippen LogP contribution >= 0.6 is 11.3 Å². The minimum atomic E-state index is -3.93. The first kappa shape index (κ1) is 14.7. The summed E-state index contributed by atoms with van der Waals surface area (Å²) in [5, 5.41) is 1.47. The van der Waals surface area contributed by atoms with E-state index in [0.717, 1.165) is 17.0 Å². The molecule has 0 spiro atoms. The summed E-state index contributed by atoms with van der Waals surface area (Å²) in [6.45, 7) is 3.45. The Morgan fingerprint density at radius 1 is 1.25 bits per heavy atom. The lowest BCUT2D eigenvalue weighted by Crippen LogP contribution is -2.15. The van der Waals surface area contributed by atoms with E-state index in [1.54, 1.807) is 13.8 Å². The third kappa shape index (κ3) is 2.48. The Bertz CT molecular complexity index is 770. The minimum Gasteiger partial charge on any atom is -0.394 e. The van der Waals surface area contributed by atoms with Crippen LogP contribution < -0.4 is 10.5 Å². The van der Waals surface area contributed by atoms with Crippen molar-refractivity contribution >= 4 is 32.7 Å². The van der Waals surface area contributed by atoms with Gasteiger partial charge in [0.05, 0.1) is 5.69 Å². The molecule has 0 saturated carbocycles. The maximum atomic E-state index is 13.7. The molecule has 0 bridgehead atoms. The molecule has 0 radical (unpaired) electrons. The van der Waals surface area contributed by atoms with Crippen LogP contribution in [-0.2, 0) is 10.0 Å². The van der Waals surface area contributed by atoms with Crippen LogP contribution in [0.4, 0.5) is 20.2 Å². The fourth-order valence-electron chi connectivity index (χ4n) is 1.60. The predicted octanol–water partition coefficient (Wildman–Crippen LogP) is 3.03. The Labute approximate surface area is 119 Å². The number of aryl methyl sites for hydroxylation is 1. The van der Waals surface area contributed by atoms with Crippen LogP contribution in [0.1, 0.15) is 10.4 Å². The van der Waals surface area contributed by atoms with Gasteiger partial charge in [0.25, 0.3) is 10.0 Å². The van der Waals surface area contributed by atoms with Crippen LogP contribution in [0.25, 0.3) is 0 Å². The van der Waals surface area contributed by atoms with Crippen LogP contribution in [0.5, 0.6) is 0 Å². The zero-order chi connectivity index (χ0) is 15.1. The van der Waals surface area contributed by atoms with Crippen molar-refractivity contribution in [1.29, 1.82) is 0 Å². The second kappa shape index (κ2) is 5.02. The van der Waals surface area contributed by atoms with Gasteiger partial charge in [0, 0.05) is 10.3 Å². The first-order chi connectivity index (χ1) is 9.24. The van der Waals surface area contributed by atoms with Gasteiger partial charge in [-0.15, -0.1) is 11.3 Å². The average Bonchev–Trinajstić information content (AvgIpc) is 2.71. The van der Waals surface area contributed by atoms with Crippen molar-refractivity contribution in [1.82, 2.24) is 0 Å². The minimum absolute atomic E-state index is 0.0716. The van der Waals surface area contributed by atoms with Crippen molar-refractivity contribution in [2.24, 2.45) is 0 Å². The molecule has 2 rings (SSSR count). The summed E-state index contributed by atoms with van der Waals surface area (Å²) in [5.41, 5.74) is 4.69. The number of benzene rings is 1. The van der Waals surface area contributed by atoms with Gasteiger partial charge in [0.2, 0.25) is 0 Å². The van der Waals surface area contributed by atoms with Gasteiger partial charge in [-0.25, -0.2) is 17.2 Å². The molecule has 0 amide bonds. The Balaban J connectivity index is 2.44. The normalized spacial score (nSPS) is 11.6. The van der Waals surface area contributed by atoms with Crippen LogP contribution in [0.15, 0.2) is 22.4 Å². The number of nitrogens with one attached hydrogen (secondary N) is 1.